The van der Waals surface area contributed by atoms with Crippen molar-refractivity contribution in [3.63, 3.8) is 0 Å². The first-order valence-electron chi connectivity index (χ1n) is 9.16. The number of nitrogens with one attached hydrogen (secondary N) is 1. The minimum atomic E-state index is -0.970. The number of benzene rings is 2. The zero-order valence-electron chi connectivity index (χ0n) is 16.8. The summed E-state index contributed by atoms with van der Waals surface area (Å²) in [5.41, 5.74) is 1.14. The van der Waals surface area contributed by atoms with Crippen LogP contribution in [0.1, 0.15) is 51.2 Å². The maximum Gasteiger partial charge on any atom is 0.338 e. The summed E-state index contributed by atoms with van der Waals surface area (Å²) in [7, 11) is 1.11. The van der Waals surface area contributed by atoms with E-state index < -0.39 is 35.1 Å². The van der Waals surface area contributed by atoms with Crippen molar-refractivity contribution in [2.75, 3.05) is 13.7 Å². The zero-order valence-corrected chi connectivity index (χ0v) is 16.8. The maximum atomic E-state index is 12.3. The Labute approximate surface area is 173 Å². The van der Waals surface area contributed by atoms with Gasteiger partial charge in [-0.2, -0.15) is 0 Å². The Kier molecular flexibility index (Phi) is 7.62. The van der Waals surface area contributed by atoms with Gasteiger partial charge in [0.2, 0.25) is 0 Å². The Morgan fingerprint density at radius 1 is 1.07 bits per heavy atom. The van der Waals surface area contributed by atoms with Crippen molar-refractivity contribution in [3.05, 3.63) is 74.8 Å². The first-order chi connectivity index (χ1) is 14.2. The SMILES string of the molecule is CC[C@@H](NC(=O)COC(=O)c1cc(C(=O)OC)cc([N+](=O)[O-])c1)c1ccc(C)cc1. The summed E-state index contributed by atoms with van der Waals surface area (Å²) in [4.78, 5) is 46.5. The summed E-state index contributed by atoms with van der Waals surface area (Å²) in [6, 6.07) is 10.5. The molecule has 0 heterocycles. The van der Waals surface area contributed by atoms with Crippen LogP contribution in [0.15, 0.2) is 42.5 Å². The van der Waals surface area contributed by atoms with Gasteiger partial charge in [0.15, 0.2) is 6.61 Å². The van der Waals surface area contributed by atoms with Crippen molar-refractivity contribution < 1.29 is 28.8 Å². The van der Waals surface area contributed by atoms with Crippen LogP contribution in [0.3, 0.4) is 0 Å². The summed E-state index contributed by atoms with van der Waals surface area (Å²) in [5.74, 6) is -2.33. The molecular weight excluding hydrogens is 392 g/mol. The summed E-state index contributed by atoms with van der Waals surface area (Å²) in [6.45, 7) is 3.30. The molecule has 9 nitrogen and oxygen atoms in total. The van der Waals surface area contributed by atoms with Gasteiger partial charge in [0.25, 0.3) is 11.6 Å². The number of aryl methyl sites for hydroxylation is 1. The molecule has 158 valence electrons. The Bertz CT molecular complexity index is 954. The number of rotatable bonds is 8. The average molecular weight is 414 g/mol. The smallest absolute Gasteiger partial charge is 0.338 e. The maximum absolute atomic E-state index is 12.3. The lowest BCUT2D eigenvalue weighted by Crippen LogP contribution is -2.32. The third-order valence-electron chi connectivity index (χ3n) is 4.34. The van der Waals surface area contributed by atoms with Crippen LogP contribution < -0.4 is 5.32 Å². The second-order valence-electron chi connectivity index (χ2n) is 6.53. The molecule has 1 N–H and O–H groups in total. The van der Waals surface area contributed by atoms with E-state index in [1.54, 1.807) is 0 Å². The van der Waals surface area contributed by atoms with Gasteiger partial charge in [-0.15, -0.1) is 0 Å². The fourth-order valence-corrected chi connectivity index (χ4v) is 2.74. The normalized spacial score (nSPS) is 11.3. The molecule has 0 saturated carbocycles. The van der Waals surface area contributed by atoms with Gasteiger partial charge < -0.3 is 14.8 Å². The molecule has 0 saturated heterocycles. The van der Waals surface area contributed by atoms with Crippen LogP contribution in [-0.2, 0) is 14.3 Å². The number of nitrogens with zero attached hydrogens (tertiary/aromatic N) is 1. The molecule has 2 rings (SSSR count). The molecule has 30 heavy (non-hydrogen) atoms. The van der Waals surface area contributed by atoms with Crippen molar-refractivity contribution in [1.82, 2.24) is 5.32 Å². The molecule has 0 bridgehead atoms. The van der Waals surface area contributed by atoms with Gasteiger partial charge in [-0.05, 0) is 25.0 Å². The average Bonchev–Trinajstić information content (AvgIpc) is 2.75. The molecule has 2 aromatic rings. The van der Waals surface area contributed by atoms with Crippen LogP contribution in [0, 0.1) is 17.0 Å². The van der Waals surface area contributed by atoms with Gasteiger partial charge in [-0.25, -0.2) is 9.59 Å². The van der Waals surface area contributed by atoms with Gasteiger partial charge in [0.1, 0.15) is 0 Å². The van der Waals surface area contributed by atoms with Gasteiger partial charge in [-0.3, -0.25) is 14.9 Å². The molecule has 0 aromatic heterocycles. The van der Waals surface area contributed by atoms with Crippen molar-refractivity contribution in [3.8, 4) is 0 Å². The summed E-state index contributed by atoms with van der Waals surface area (Å²) in [5, 5.41) is 13.8. The number of amides is 1. The molecule has 0 aliphatic rings. The van der Waals surface area contributed by atoms with E-state index in [-0.39, 0.29) is 17.2 Å². The van der Waals surface area contributed by atoms with Gasteiger partial charge in [-0.1, -0.05) is 36.8 Å². The monoisotopic (exact) mass is 414 g/mol. The lowest BCUT2D eigenvalue weighted by Gasteiger charge is -2.17. The highest BCUT2D eigenvalue weighted by Crippen LogP contribution is 2.19. The number of nitro groups is 1. The van der Waals surface area contributed by atoms with Crippen LogP contribution in [0.2, 0.25) is 0 Å². The highest BCUT2D eigenvalue weighted by Gasteiger charge is 2.20. The lowest BCUT2D eigenvalue weighted by atomic mass is 10.0. The van der Waals surface area contributed by atoms with E-state index in [9.17, 15) is 24.5 Å². The molecule has 0 spiro atoms. The van der Waals surface area contributed by atoms with E-state index in [1.165, 1.54) is 0 Å². The first-order valence-corrected chi connectivity index (χ1v) is 9.16. The number of nitro benzene ring substituents is 1. The van der Waals surface area contributed by atoms with E-state index in [1.807, 2.05) is 38.1 Å². The van der Waals surface area contributed by atoms with Crippen molar-refractivity contribution in [2.45, 2.75) is 26.3 Å². The van der Waals surface area contributed by atoms with E-state index in [0.29, 0.717) is 6.42 Å². The molecule has 1 atom stereocenters. The van der Waals surface area contributed by atoms with Crippen LogP contribution >= 0.6 is 0 Å². The minimum Gasteiger partial charge on any atom is -0.465 e. The van der Waals surface area contributed by atoms with Crippen molar-refractivity contribution in [1.29, 1.82) is 0 Å². The number of non-ortho nitro benzene ring substituents is 1. The van der Waals surface area contributed by atoms with Gasteiger partial charge in [0.05, 0.1) is 29.2 Å². The number of hydrogen-bond acceptors (Lipinski definition) is 7. The fraction of sp³-hybridized carbons (Fsp3) is 0.286. The summed E-state index contributed by atoms with van der Waals surface area (Å²) in [6.07, 6.45) is 0.635. The Morgan fingerprint density at radius 2 is 1.67 bits per heavy atom. The number of carbonyl (C=O) groups excluding carboxylic acids is 3. The number of ether oxygens (including phenoxy) is 2. The molecular formula is C21H22N2O7. The van der Waals surface area contributed by atoms with E-state index in [0.717, 1.165) is 36.4 Å². The largest absolute Gasteiger partial charge is 0.465 e. The second-order valence-corrected chi connectivity index (χ2v) is 6.53. The zero-order chi connectivity index (χ0) is 22.3. The van der Waals surface area contributed by atoms with Crippen LogP contribution in [-0.4, -0.2) is 36.5 Å². The van der Waals surface area contributed by atoms with Crippen LogP contribution in [0.25, 0.3) is 0 Å². The second kappa shape index (κ2) is 10.1. The van der Waals surface area contributed by atoms with Crippen molar-refractivity contribution in [2.24, 2.45) is 0 Å². The summed E-state index contributed by atoms with van der Waals surface area (Å²) < 4.78 is 9.50. The first kappa shape index (κ1) is 22.5. The molecule has 0 aliphatic heterocycles. The number of carbonyl (C=O) groups is 3. The number of esters is 2. The minimum absolute atomic E-state index is 0.173. The Hall–Kier alpha value is -3.75. The topological polar surface area (TPSA) is 125 Å². The number of methoxy groups -OCH3 is 1. The van der Waals surface area contributed by atoms with E-state index in [2.05, 4.69) is 10.1 Å². The Morgan fingerprint density at radius 3 is 2.20 bits per heavy atom. The Balaban J connectivity index is 2.06. The third-order valence-corrected chi connectivity index (χ3v) is 4.34. The molecule has 0 unspecified atom stereocenters. The molecule has 2 aromatic carbocycles. The van der Waals surface area contributed by atoms with Crippen LogP contribution in [0.5, 0.6) is 0 Å². The van der Waals surface area contributed by atoms with Crippen molar-refractivity contribution >= 4 is 23.5 Å². The lowest BCUT2D eigenvalue weighted by molar-refractivity contribution is -0.384. The standard InChI is InChI=1S/C21H22N2O7/c1-4-18(14-7-5-13(2)6-8-14)22-19(24)12-30-21(26)16-9-15(20(25)29-3)10-17(11-16)23(27)28/h5-11,18H,4,12H2,1-3H3,(H,22,24)/t18-/m1/s1. The molecule has 0 aliphatic carbocycles. The molecule has 0 radical (unpaired) electrons. The van der Waals surface area contributed by atoms with E-state index >= 15 is 0 Å². The quantitative estimate of drug-likeness (QED) is 0.400. The highest BCUT2D eigenvalue weighted by molar-refractivity contribution is 5.97. The third kappa shape index (κ3) is 5.87. The molecule has 1 amide bonds. The highest BCUT2D eigenvalue weighted by atomic mass is 16.6. The number of hydrogen-bond donors (Lipinski definition) is 1. The molecule has 9 heteroatoms. The van der Waals surface area contributed by atoms with Crippen LogP contribution in [0.4, 0.5) is 5.69 Å². The predicted octanol–water partition coefficient (Wildman–Crippen LogP) is 3.11. The van der Waals surface area contributed by atoms with Gasteiger partial charge >= 0.3 is 11.9 Å². The van der Waals surface area contributed by atoms with E-state index in [4.69, 9.17) is 4.74 Å². The van der Waals surface area contributed by atoms with Gasteiger partial charge in [0, 0.05) is 12.1 Å². The molecule has 0 fully saturated rings. The summed E-state index contributed by atoms with van der Waals surface area (Å²) >= 11 is 0. The predicted molar refractivity (Wildman–Crippen MR) is 107 cm³/mol. The fourth-order valence-electron chi connectivity index (χ4n) is 2.74.